The van der Waals surface area contributed by atoms with Gasteiger partial charge in [-0.3, -0.25) is 0 Å². The van der Waals surface area contributed by atoms with Crippen molar-refractivity contribution in [3.8, 4) is 0 Å². The van der Waals surface area contributed by atoms with Gasteiger partial charge < -0.3 is 19.4 Å². The summed E-state index contributed by atoms with van der Waals surface area (Å²) >= 11 is 0. The molecule has 0 spiro atoms. The molecule has 0 aromatic carbocycles. The van der Waals surface area contributed by atoms with Crippen molar-refractivity contribution >= 4 is 13.6 Å². The van der Waals surface area contributed by atoms with Crippen molar-refractivity contribution < 1.29 is 14.5 Å². The molecule has 0 saturated carbocycles. The highest BCUT2D eigenvalue weighted by Crippen LogP contribution is 2.35. The van der Waals surface area contributed by atoms with Crippen molar-refractivity contribution in [3.63, 3.8) is 0 Å². The van der Waals surface area contributed by atoms with E-state index in [1.807, 2.05) is 14.0 Å². The van der Waals surface area contributed by atoms with Crippen molar-refractivity contribution in [2.75, 3.05) is 20.1 Å². The maximum atomic E-state index is 9.08. The van der Waals surface area contributed by atoms with Gasteiger partial charge in [0.25, 0.3) is 0 Å². The molecule has 0 radical (unpaired) electrons. The summed E-state index contributed by atoms with van der Waals surface area (Å²) < 4.78 is 5.59. The Morgan fingerprint density at radius 2 is 2.14 bits per heavy atom. The minimum Gasteiger partial charge on any atom is -0.369 e. The molecule has 0 bridgehead atoms. The van der Waals surface area contributed by atoms with Crippen LogP contribution in [-0.2, 0) is 4.74 Å². The zero-order valence-corrected chi connectivity index (χ0v) is 9.52. The average molecular weight is 219 g/mol. The van der Waals surface area contributed by atoms with Crippen LogP contribution in [0.2, 0.25) is 0 Å². The van der Waals surface area contributed by atoms with Crippen LogP contribution in [0.25, 0.3) is 0 Å². The van der Waals surface area contributed by atoms with Gasteiger partial charge in [-0.05, 0) is 32.2 Å². The van der Waals surface area contributed by atoms with Crippen LogP contribution in [0.1, 0.15) is 6.92 Å². The Morgan fingerprint density at radius 1 is 1.50 bits per heavy atom. The summed E-state index contributed by atoms with van der Waals surface area (Å²) in [5.41, 5.74) is 0. The van der Waals surface area contributed by atoms with E-state index in [1.165, 1.54) is 5.82 Å². The molecule has 4 nitrogen and oxygen atoms in total. The molecule has 2 N–H and O–H groups in total. The summed E-state index contributed by atoms with van der Waals surface area (Å²) in [7, 11) is -1.03. The molecule has 0 aliphatic carbocycles. The lowest BCUT2D eigenvalue weighted by atomic mass is 10.2. The maximum Gasteiger partial charge on any atom is 0.134 e. The van der Waals surface area contributed by atoms with Gasteiger partial charge in [-0.25, -0.2) is 0 Å². The van der Waals surface area contributed by atoms with Crippen molar-refractivity contribution in [2.24, 2.45) is 0 Å². The smallest absolute Gasteiger partial charge is 0.134 e. The zero-order chi connectivity index (χ0) is 10.8. The SMILES string of the molecule is C=P(O)(O)/C=C/C1CN(C)CC(C)O1. The third-order valence-electron chi connectivity index (χ3n) is 2.01. The van der Waals surface area contributed by atoms with Gasteiger partial charge in [-0.15, -0.1) is 0 Å². The summed E-state index contributed by atoms with van der Waals surface area (Å²) in [6.45, 7) is 3.69. The molecule has 1 fully saturated rings. The molecular formula is C9H18NO3P. The molecule has 0 aromatic heterocycles. The molecule has 0 amide bonds. The lowest BCUT2D eigenvalue weighted by Gasteiger charge is -2.33. The van der Waals surface area contributed by atoms with E-state index in [9.17, 15) is 0 Å². The van der Waals surface area contributed by atoms with Gasteiger partial charge in [-0.2, -0.15) is 0 Å². The van der Waals surface area contributed by atoms with Gasteiger partial charge in [0, 0.05) is 13.1 Å². The van der Waals surface area contributed by atoms with Crippen molar-refractivity contribution in [2.45, 2.75) is 19.1 Å². The van der Waals surface area contributed by atoms with Crippen LogP contribution in [0.5, 0.6) is 0 Å². The number of rotatable bonds is 2. The lowest BCUT2D eigenvalue weighted by molar-refractivity contribution is -0.0467. The largest absolute Gasteiger partial charge is 0.369 e. The average Bonchev–Trinajstić information content (AvgIpc) is 1.97. The first-order valence-corrected chi connectivity index (χ1v) is 6.53. The Morgan fingerprint density at radius 3 is 2.64 bits per heavy atom. The molecule has 1 heterocycles. The Bertz CT molecular complexity index is 251. The standard InChI is InChI=1S/C9H18NO3P/c1-8-6-10(2)7-9(13-8)4-5-14(3,11)12/h4-5,8-9,11-12H,3,6-7H2,1-2H3/b5-4+. The zero-order valence-electron chi connectivity index (χ0n) is 8.63. The fourth-order valence-electron chi connectivity index (χ4n) is 1.55. The summed E-state index contributed by atoms with van der Waals surface area (Å²) in [6, 6.07) is 0. The first-order valence-electron chi connectivity index (χ1n) is 4.59. The highest BCUT2D eigenvalue weighted by atomic mass is 31.2. The lowest BCUT2D eigenvalue weighted by Crippen LogP contribution is -2.43. The van der Waals surface area contributed by atoms with Crippen LogP contribution in [0.15, 0.2) is 11.9 Å². The first-order chi connectivity index (χ1) is 6.37. The molecule has 82 valence electrons. The summed E-state index contributed by atoms with van der Waals surface area (Å²) in [5, 5.41) is 0. The first kappa shape index (κ1) is 12.0. The Hall–Kier alpha value is -0.120. The van der Waals surface area contributed by atoms with E-state index in [2.05, 4.69) is 11.2 Å². The monoisotopic (exact) mass is 219 g/mol. The summed E-state index contributed by atoms with van der Waals surface area (Å²) in [6.07, 6.45) is 5.06. The maximum absolute atomic E-state index is 9.08. The van der Waals surface area contributed by atoms with Gasteiger partial charge in [0.05, 0.1) is 12.2 Å². The Balaban J connectivity index is 2.53. The van der Waals surface area contributed by atoms with E-state index >= 15 is 0 Å². The molecule has 0 aromatic rings. The second-order valence-corrected chi connectivity index (χ2v) is 5.70. The fraction of sp³-hybridized carbons (Fsp3) is 0.667. The highest BCUT2D eigenvalue weighted by molar-refractivity contribution is 7.65. The van der Waals surface area contributed by atoms with Crippen molar-refractivity contribution in [3.05, 3.63) is 11.9 Å². The van der Waals surface area contributed by atoms with Gasteiger partial charge >= 0.3 is 0 Å². The predicted octanol–water partition coefficient (Wildman–Crippen LogP) is 0.483. The second kappa shape index (κ2) is 4.60. The van der Waals surface area contributed by atoms with E-state index in [4.69, 9.17) is 14.5 Å². The van der Waals surface area contributed by atoms with Crippen LogP contribution in [0.3, 0.4) is 0 Å². The van der Waals surface area contributed by atoms with Gasteiger partial charge in [-0.1, -0.05) is 0 Å². The minimum atomic E-state index is -3.05. The number of nitrogens with zero attached hydrogens (tertiary/aromatic N) is 1. The van der Waals surface area contributed by atoms with E-state index < -0.39 is 7.34 Å². The summed E-state index contributed by atoms with van der Waals surface area (Å²) in [4.78, 5) is 20.3. The Kier molecular flexibility index (Phi) is 3.93. The molecule has 14 heavy (non-hydrogen) atoms. The van der Waals surface area contributed by atoms with Crippen LogP contribution in [0.4, 0.5) is 0 Å². The molecule has 5 heteroatoms. The molecule has 1 aliphatic heterocycles. The minimum absolute atomic E-state index is 0.0656. The van der Waals surface area contributed by atoms with Crippen LogP contribution >= 0.6 is 7.34 Å². The quantitative estimate of drug-likeness (QED) is 0.663. The fourth-order valence-corrected chi connectivity index (χ4v) is 2.01. The molecule has 1 rings (SSSR count). The van der Waals surface area contributed by atoms with Gasteiger partial charge in [0.2, 0.25) is 0 Å². The van der Waals surface area contributed by atoms with E-state index in [-0.39, 0.29) is 12.2 Å². The normalized spacial score (nSPS) is 31.1. The topological polar surface area (TPSA) is 52.9 Å². The second-order valence-electron chi connectivity index (χ2n) is 3.83. The number of morpholine rings is 1. The van der Waals surface area contributed by atoms with Crippen LogP contribution in [-0.4, -0.2) is 53.3 Å². The van der Waals surface area contributed by atoms with Crippen molar-refractivity contribution in [1.82, 2.24) is 4.90 Å². The van der Waals surface area contributed by atoms with Crippen LogP contribution < -0.4 is 0 Å². The van der Waals surface area contributed by atoms with E-state index in [1.54, 1.807) is 6.08 Å². The third-order valence-corrected chi connectivity index (χ3v) is 2.66. The molecule has 2 unspecified atom stereocenters. The number of hydrogen-bond acceptors (Lipinski definition) is 4. The van der Waals surface area contributed by atoms with Crippen molar-refractivity contribution in [1.29, 1.82) is 0 Å². The van der Waals surface area contributed by atoms with E-state index in [0.717, 1.165) is 13.1 Å². The summed E-state index contributed by atoms with van der Waals surface area (Å²) in [5.74, 6) is 1.35. The third kappa shape index (κ3) is 4.40. The van der Waals surface area contributed by atoms with Gasteiger partial charge in [0.1, 0.15) is 7.34 Å². The highest BCUT2D eigenvalue weighted by Gasteiger charge is 2.20. The molecular weight excluding hydrogens is 201 g/mol. The van der Waals surface area contributed by atoms with Crippen LogP contribution in [0, 0.1) is 0 Å². The molecule has 1 aliphatic rings. The predicted molar refractivity (Wildman–Crippen MR) is 59.5 cm³/mol. The number of likely N-dealkylation sites (N-methyl/N-ethyl adjacent to an activating group) is 1. The van der Waals surface area contributed by atoms with Gasteiger partial charge in [0.15, 0.2) is 0 Å². The Labute approximate surface area is 84.9 Å². The number of ether oxygens (including phenoxy) is 1. The molecule has 1 saturated heterocycles. The van der Waals surface area contributed by atoms with E-state index in [0.29, 0.717) is 0 Å². The number of hydrogen-bond donors (Lipinski definition) is 2. The molecule has 2 atom stereocenters.